The molecule has 0 aromatic rings. The molecular formula is C18H33NO4. The van der Waals surface area contributed by atoms with Gasteiger partial charge in [-0.2, -0.15) is 0 Å². The number of hydrogen-bond acceptors (Lipinski definition) is 5. The van der Waals surface area contributed by atoms with Crippen molar-refractivity contribution in [2.75, 3.05) is 26.2 Å². The van der Waals surface area contributed by atoms with Crippen LogP contribution < -0.4 is 0 Å². The molecule has 4 unspecified atom stereocenters. The van der Waals surface area contributed by atoms with E-state index in [2.05, 4.69) is 18.7 Å². The predicted octanol–water partition coefficient (Wildman–Crippen LogP) is 1.93. The molecule has 134 valence electrons. The van der Waals surface area contributed by atoms with Crippen LogP contribution in [0.4, 0.5) is 0 Å². The largest absolute Gasteiger partial charge is 0.386 e. The standard InChI is InChI=1S/C18H33NO4/c1-6-10-19(7-2)11-13-12-22-18(23-13)9-8-14(17(3,4)5)15(20)16(18)21/h8,13,15-16,20-21H,6-7,9-12H2,1-5H3. The Bertz CT molecular complexity index is 431. The summed E-state index contributed by atoms with van der Waals surface area (Å²) in [5.41, 5.74) is 0.674. The molecule has 5 nitrogen and oxygen atoms in total. The molecule has 1 saturated heterocycles. The monoisotopic (exact) mass is 327 g/mol. The zero-order valence-corrected chi connectivity index (χ0v) is 15.2. The van der Waals surface area contributed by atoms with Crippen molar-refractivity contribution in [3.63, 3.8) is 0 Å². The fraction of sp³-hybridized carbons (Fsp3) is 0.889. The van der Waals surface area contributed by atoms with Crippen LogP contribution >= 0.6 is 0 Å². The molecule has 1 aliphatic heterocycles. The van der Waals surface area contributed by atoms with E-state index < -0.39 is 18.0 Å². The van der Waals surface area contributed by atoms with E-state index in [1.165, 1.54) is 0 Å². The van der Waals surface area contributed by atoms with Crippen LogP contribution in [0, 0.1) is 5.41 Å². The molecule has 23 heavy (non-hydrogen) atoms. The Hall–Kier alpha value is -0.460. The summed E-state index contributed by atoms with van der Waals surface area (Å²) < 4.78 is 12.0. The molecule has 1 spiro atoms. The lowest BCUT2D eigenvalue weighted by atomic mass is 9.75. The highest BCUT2D eigenvalue weighted by Gasteiger charge is 2.53. The van der Waals surface area contributed by atoms with Crippen molar-refractivity contribution in [1.29, 1.82) is 0 Å². The number of nitrogens with zero attached hydrogens (tertiary/aromatic N) is 1. The molecule has 0 bridgehead atoms. The summed E-state index contributed by atoms with van der Waals surface area (Å²) in [6.07, 6.45) is 1.50. The highest BCUT2D eigenvalue weighted by Crippen LogP contribution is 2.42. The second-order valence-corrected chi connectivity index (χ2v) is 7.76. The number of rotatable bonds is 5. The fourth-order valence-corrected chi connectivity index (χ4v) is 3.57. The molecule has 0 saturated carbocycles. The van der Waals surface area contributed by atoms with Gasteiger partial charge in [0.2, 0.25) is 5.79 Å². The molecule has 2 aliphatic rings. The average Bonchev–Trinajstić information content (AvgIpc) is 2.87. The molecule has 0 amide bonds. The minimum absolute atomic E-state index is 0.0621. The summed E-state index contributed by atoms with van der Waals surface area (Å²) >= 11 is 0. The lowest BCUT2D eigenvalue weighted by molar-refractivity contribution is -0.249. The van der Waals surface area contributed by atoms with Crippen molar-refractivity contribution < 1.29 is 19.7 Å². The average molecular weight is 327 g/mol. The van der Waals surface area contributed by atoms with E-state index in [4.69, 9.17) is 9.47 Å². The smallest absolute Gasteiger partial charge is 0.201 e. The second-order valence-electron chi connectivity index (χ2n) is 7.76. The van der Waals surface area contributed by atoms with Crippen LogP contribution in [0.15, 0.2) is 11.6 Å². The van der Waals surface area contributed by atoms with Crippen molar-refractivity contribution in [3.8, 4) is 0 Å². The minimum Gasteiger partial charge on any atom is -0.386 e. The first-order chi connectivity index (χ1) is 10.7. The van der Waals surface area contributed by atoms with E-state index in [1.807, 2.05) is 26.8 Å². The van der Waals surface area contributed by atoms with Gasteiger partial charge in [-0.15, -0.1) is 0 Å². The number of aliphatic hydroxyl groups is 2. The first kappa shape index (κ1) is 18.9. The van der Waals surface area contributed by atoms with E-state index in [0.717, 1.165) is 31.6 Å². The highest BCUT2D eigenvalue weighted by atomic mass is 16.8. The number of hydrogen-bond donors (Lipinski definition) is 2. The van der Waals surface area contributed by atoms with Gasteiger partial charge in [0.1, 0.15) is 12.2 Å². The Balaban J connectivity index is 2.06. The Morgan fingerprint density at radius 3 is 2.57 bits per heavy atom. The Morgan fingerprint density at radius 1 is 1.30 bits per heavy atom. The van der Waals surface area contributed by atoms with Crippen LogP contribution in [0.25, 0.3) is 0 Å². The third-order valence-electron chi connectivity index (χ3n) is 4.87. The van der Waals surface area contributed by atoms with Gasteiger partial charge in [-0.25, -0.2) is 0 Å². The Labute approximate surface area is 140 Å². The van der Waals surface area contributed by atoms with Crippen LogP contribution in [0.3, 0.4) is 0 Å². The summed E-state index contributed by atoms with van der Waals surface area (Å²) in [6.45, 7) is 13.7. The van der Waals surface area contributed by atoms with E-state index >= 15 is 0 Å². The second kappa shape index (κ2) is 7.19. The lowest BCUT2D eigenvalue weighted by Crippen LogP contribution is -2.54. The molecule has 0 aromatic heterocycles. The van der Waals surface area contributed by atoms with Crippen LogP contribution in [0.2, 0.25) is 0 Å². The molecule has 1 aliphatic carbocycles. The van der Waals surface area contributed by atoms with Gasteiger partial charge in [-0.3, -0.25) is 0 Å². The fourth-order valence-electron chi connectivity index (χ4n) is 3.57. The van der Waals surface area contributed by atoms with Gasteiger partial charge in [0.15, 0.2) is 0 Å². The van der Waals surface area contributed by atoms with E-state index in [9.17, 15) is 10.2 Å². The number of ether oxygens (including phenoxy) is 2. The summed E-state index contributed by atoms with van der Waals surface area (Å²) in [6, 6.07) is 0. The molecule has 1 fully saturated rings. The van der Waals surface area contributed by atoms with E-state index in [1.54, 1.807) is 0 Å². The van der Waals surface area contributed by atoms with Crippen LogP contribution in [0.5, 0.6) is 0 Å². The zero-order valence-electron chi connectivity index (χ0n) is 15.2. The SMILES string of the molecule is CCCN(CC)CC1COC2(CC=C(C(C)(C)C)C(O)C2O)O1. The summed E-state index contributed by atoms with van der Waals surface area (Å²) in [7, 11) is 0. The lowest BCUT2D eigenvalue weighted by Gasteiger charge is -2.42. The van der Waals surface area contributed by atoms with E-state index in [0.29, 0.717) is 13.0 Å². The normalized spacial score (nSPS) is 35.1. The van der Waals surface area contributed by atoms with Crippen LogP contribution in [-0.4, -0.2) is 65.5 Å². The Morgan fingerprint density at radius 2 is 2.00 bits per heavy atom. The molecule has 4 atom stereocenters. The third-order valence-corrected chi connectivity index (χ3v) is 4.87. The first-order valence-corrected chi connectivity index (χ1v) is 8.84. The molecular weight excluding hydrogens is 294 g/mol. The number of likely N-dealkylation sites (N-methyl/N-ethyl adjacent to an activating group) is 1. The zero-order chi connectivity index (χ0) is 17.3. The third kappa shape index (κ3) is 3.97. The Kier molecular flexibility index (Phi) is 5.90. The maximum atomic E-state index is 10.6. The maximum Gasteiger partial charge on any atom is 0.201 e. The molecule has 0 aromatic carbocycles. The summed E-state index contributed by atoms with van der Waals surface area (Å²) in [5.74, 6) is -1.09. The topological polar surface area (TPSA) is 62.2 Å². The van der Waals surface area contributed by atoms with Crippen molar-refractivity contribution in [2.24, 2.45) is 5.41 Å². The van der Waals surface area contributed by atoms with Gasteiger partial charge >= 0.3 is 0 Å². The van der Waals surface area contributed by atoms with Crippen LogP contribution in [0.1, 0.15) is 47.5 Å². The van der Waals surface area contributed by atoms with E-state index in [-0.39, 0.29) is 11.5 Å². The van der Waals surface area contributed by atoms with Crippen LogP contribution in [-0.2, 0) is 9.47 Å². The van der Waals surface area contributed by atoms with Gasteiger partial charge in [-0.05, 0) is 30.5 Å². The molecule has 5 heteroatoms. The summed E-state index contributed by atoms with van der Waals surface area (Å²) in [4.78, 5) is 2.33. The van der Waals surface area contributed by atoms with Gasteiger partial charge in [0.25, 0.3) is 0 Å². The van der Waals surface area contributed by atoms with Crippen molar-refractivity contribution >= 4 is 0 Å². The first-order valence-electron chi connectivity index (χ1n) is 8.84. The number of aliphatic hydroxyl groups excluding tert-OH is 2. The molecule has 1 heterocycles. The summed E-state index contributed by atoms with van der Waals surface area (Å²) in [5, 5.41) is 21.1. The molecule has 2 rings (SSSR count). The van der Waals surface area contributed by atoms with Gasteiger partial charge in [0.05, 0.1) is 12.7 Å². The highest BCUT2D eigenvalue weighted by molar-refractivity contribution is 5.24. The quantitative estimate of drug-likeness (QED) is 0.756. The minimum atomic E-state index is -1.09. The van der Waals surface area contributed by atoms with Crippen molar-refractivity contribution in [2.45, 2.75) is 71.6 Å². The maximum absolute atomic E-state index is 10.6. The van der Waals surface area contributed by atoms with Crippen molar-refractivity contribution in [1.82, 2.24) is 4.90 Å². The predicted molar refractivity (Wildman–Crippen MR) is 90.1 cm³/mol. The van der Waals surface area contributed by atoms with Gasteiger partial charge < -0.3 is 24.6 Å². The molecule has 2 N–H and O–H groups in total. The molecule has 0 radical (unpaired) electrons. The van der Waals surface area contributed by atoms with Gasteiger partial charge in [0, 0.05) is 13.0 Å². The van der Waals surface area contributed by atoms with Crippen molar-refractivity contribution in [3.05, 3.63) is 11.6 Å². The van der Waals surface area contributed by atoms with Gasteiger partial charge in [-0.1, -0.05) is 40.7 Å².